The quantitative estimate of drug-likeness (QED) is 0.930. The molecule has 1 N–H and O–H groups in total. The zero-order valence-electron chi connectivity index (χ0n) is 11.5. The summed E-state index contributed by atoms with van der Waals surface area (Å²) in [5.41, 5.74) is -1.09. The number of carbonyl (C=O) groups is 1. The Kier molecular flexibility index (Phi) is 4.13. The fourth-order valence-electron chi connectivity index (χ4n) is 2.33. The number of cyclic esters (lactones) is 1. The third-order valence-electron chi connectivity index (χ3n) is 3.62. The summed E-state index contributed by atoms with van der Waals surface area (Å²) in [6.07, 6.45) is -4.70. The van der Waals surface area contributed by atoms with Gasteiger partial charge in [-0.2, -0.15) is 13.2 Å². The van der Waals surface area contributed by atoms with Crippen molar-refractivity contribution in [2.45, 2.75) is 31.6 Å². The fourth-order valence-corrected chi connectivity index (χ4v) is 2.33. The van der Waals surface area contributed by atoms with E-state index in [-0.39, 0.29) is 19.8 Å². The lowest BCUT2D eigenvalue weighted by Crippen LogP contribution is -2.44. The van der Waals surface area contributed by atoms with Gasteiger partial charge in [-0.3, -0.25) is 4.90 Å². The van der Waals surface area contributed by atoms with Crippen LogP contribution in [-0.4, -0.2) is 34.9 Å². The van der Waals surface area contributed by atoms with Gasteiger partial charge in [-0.05, 0) is 31.0 Å². The number of ether oxygens (including phenoxy) is 1. The number of alkyl halides is 3. The molecule has 0 aromatic heterocycles. The molecule has 0 radical (unpaired) electrons. The van der Waals surface area contributed by atoms with E-state index in [1.165, 1.54) is 17.0 Å². The Bertz CT molecular complexity index is 532. The van der Waals surface area contributed by atoms with Crippen LogP contribution in [0.1, 0.15) is 24.5 Å². The molecule has 0 aliphatic carbocycles. The molecule has 116 valence electrons. The minimum atomic E-state index is -4.42. The van der Waals surface area contributed by atoms with Crippen molar-refractivity contribution in [3.63, 3.8) is 0 Å². The van der Waals surface area contributed by atoms with Crippen molar-refractivity contribution in [1.29, 1.82) is 0 Å². The van der Waals surface area contributed by atoms with Crippen LogP contribution >= 0.6 is 0 Å². The highest BCUT2D eigenvalue weighted by Crippen LogP contribution is 2.32. The molecule has 1 fully saturated rings. The molecule has 1 aromatic rings. The molecular formula is C14H16F3NO3. The molecule has 1 aliphatic heterocycles. The number of rotatable bonds is 4. The molecule has 1 amide bonds. The van der Waals surface area contributed by atoms with E-state index < -0.39 is 23.4 Å². The van der Waals surface area contributed by atoms with Gasteiger partial charge in [0, 0.05) is 13.2 Å². The van der Waals surface area contributed by atoms with E-state index in [1.807, 2.05) is 0 Å². The van der Waals surface area contributed by atoms with Gasteiger partial charge in [0.2, 0.25) is 0 Å². The van der Waals surface area contributed by atoms with E-state index in [0.29, 0.717) is 12.0 Å². The van der Waals surface area contributed by atoms with Gasteiger partial charge in [-0.25, -0.2) is 4.79 Å². The number of aliphatic hydroxyl groups excluding tert-OH is 1. The van der Waals surface area contributed by atoms with Gasteiger partial charge < -0.3 is 9.84 Å². The highest BCUT2D eigenvalue weighted by molar-refractivity contribution is 5.71. The van der Waals surface area contributed by atoms with Gasteiger partial charge in [0.1, 0.15) is 6.61 Å². The Morgan fingerprint density at radius 3 is 2.76 bits per heavy atom. The Morgan fingerprint density at radius 2 is 2.14 bits per heavy atom. The third-order valence-corrected chi connectivity index (χ3v) is 3.62. The number of benzene rings is 1. The lowest BCUT2D eigenvalue weighted by atomic mass is 9.97. The first kappa shape index (κ1) is 15.6. The first-order valence-corrected chi connectivity index (χ1v) is 6.48. The van der Waals surface area contributed by atoms with Crippen LogP contribution < -0.4 is 0 Å². The molecule has 4 nitrogen and oxygen atoms in total. The summed E-state index contributed by atoms with van der Waals surface area (Å²) in [5, 5.41) is 9.07. The average Bonchev–Trinajstić information content (AvgIpc) is 2.67. The zero-order chi connectivity index (χ0) is 15.7. The summed E-state index contributed by atoms with van der Waals surface area (Å²) in [5.74, 6) is 0. The summed E-state index contributed by atoms with van der Waals surface area (Å²) < 4.78 is 43.0. The van der Waals surface area contributed by atoms with E-state index in [0.717, 1.165) is 12.1 Å². The first-order chi connectivity index (χ1) is 9.76. The molecule has 0 saturated carbocycles. The maximum atomic E-state index is 12.7. The van der Waals surface area contributed by atoms with Crippen molar-refractivity contribution in [3.8, 4) is 0 Å². The van der Waals surface area contributed by atoms with E-state index in [1.54, 1.807) is 6.92 Å². The Balaban J connectivity index is 2.22. The van der Waals surface area contributed by atoms with Crippen molar-refractivity contribution >= 4 is 6.09 Å². The van der Waals surface area contributed by atoms with Crippen LogP contribution in [0.4, 0.5) is 18.0 Å². The number of halogens is 3. The molecule has 1 atom stereocenters. The van der Waals surface area contributed by atoms with Gasteiger partial charge in [0.25, 0.3) is 0 Å². The monoisotopic (exact) mass is 303 g/mol. The number of amides is 1. The lowest BCUT2D eigenvalue weighted by molar-refractivity contribution is -0.137. The Hall–Kier alpha value is -1.76. The lowest BCUT2D eigenvalue weighted by Gasteiger charge is -2.31. The van der Waals surface area contributed by atoms with Crippen LogP contribution in [0.5, 0.6) is 0 Å². The highest BCUT2D eigenvalue weighted by atomic mass is 19.4. The SMILES string of the molecule is CC1(CCO)COC(=O)N1Cc1cccc(C(F)(F)F)c1. The third kappa shape index (κ3) is 3.29. The van der Waals surface area contributed by atoms with Crippen LogP contribution in [-0.2, 0) is 17.5 Å². The van der Waals surface area contributed by atoms with Gasteiger partial charge in [-0.15, -0.1) is 0 Å². The molecule has 1 unspecified atom stereocenters. The molecule has 1 aliphatic rings. The molecule has 0 spiro atoms. The van der Waals surface area contributed by atoms with Crippen molar-refractivity contribution in [2.75, 3.05) is 13.2 Å². The molecule has 0 bridgehead atoms. The normalized spacial score (nSPS) is 22.5. The van der Waals surface area contributed by atoms with Crippen molar-refractivity contribution in [2.24, 2.45) is 0 Å². The second-order valence-corrected chi connectivity index (χ2v) is 5.31. The summed E-state index contributed by atoms with van der Waals surface area (Å²) >= 11 is 0. The van der Waals surface area contributed by atoms with Gasteiger partial charge in [-0.1, -0.05) is 12.1 Å². The van der Waals surface area contributed by atoms with Crippen LogP contribution in [0.25, 0.3) is 0 Å². The second kappa shape index (κ2) is 5.55. The summed E-state index contributed by atoms with van der Waals surface area (Å²) in [6.45, 7) is 1.73. The van der Waals surface area contributed by atoms with E-state index in [2.05, 4.69) is 0 Å². The van der Waals surface area contributed by atoms with Crippen LogP contribution in [0.3, 0.4) is 0 Å². The predicted molar refractivity (Wildman–Crippen MR) is 68.4 cm³/mol. The van der Waals surface area contributed by atoms with Gasteiger partial charge in [0.05, 0.1) is 11.1 Å². The van der Waals surface area contributed by atoms with Crippen LogP contribution in [0.15, 0.2) is 24.3 Å². The van der Waals surface area contributed by atoms with Crippen molar-refractivity contribution in [1.82, 2.24) is 4.90 Å². The number of nitrogens with zero attached hydrogens (tertiary/aromatic N) is 1. The zero-order valence-corrected chi connectivity index (χ0v) is 11.5. The number of carbonyl (C=O) groups excluding carboxylic acids is 1. The number of hydrogen-bond donors (Lipinski definition) is 1. The minimum Gasteiger partial charge on any atom is -0.447 e. The van der Waals surface area contributed by atoms with E-state index in [4.69, 9.17) is 9.84 Å². The number of hydrogen-bond acceptors (Lipinski definition) is 3. The topological polar surface area (TPSA) is 49.8 Å². The highest BCUT2D eigenvalue weighted by Gasteiger charge is 2.43. The fraction of sp³-hybridized carbons (Fsp3) is 0.500. The Labute approximate surface area is 120 Å². The average molecular weight is 303 g/mol. The smallest absolute Gasteiger partial charge is 0.416 e. The minimum absolute atomic E-state index is 0.0131. The summed E-state index contributed by atoms with van der Waals surface area (Å²) in [7, 11) is 0. The van der Waals surface area contributed by atoms with E-state index in [9.17, 15) is 18.0 Å². The maximum Gasteiger partial charge on any atom is 0.416 e. The maximum absolute atomic E-state index is 12.7. The van der Waals surface area contributed by atoms with Crippen LogP contribution in [0.2, 0.25) is 0 Å². The van der Waals surface area contributed by atoms with Gasteiger partial charge in [0.15, 0.2) is 0 Å². The standard InChI is InChI=1S/C14H16F3NO3/c1-13(5-6-19)9-21-12(20)18(13)8-10-3-2-4-11(7-10)14(15,16)17/h2-4,7,19H,5-6,8-9H2,1H3. The molecule has 1 aromatic carbocycles. The Morgan fingerprint density at radius 1 is 1.43 bits per heavy atom. The van der Waals surface area contributed by atoms with Crippen LogP contribution in [0, 0.1) is 0 Å². The summed E-state index contributed by atoms with van der Waals surface area (Å²) in [6, 6.07) is 4.84. The van der Waals surface area contributed by atoms with Crippen molar-refractivity contribution in [3.05, 3.63) is 35.4 Å². The van der Waals surface area contributed by atoms with Crippen molar-refractivity contribution < 1.29 is 27.8 Å². The predicted octanol–water partition coefficient (Wildman–Crippen LogP) is 2.80. The number of aliphatic hydroxyl groups is 1. The van der Waals surface area contributed by atoms with Gasteiger partial charge >= 0.3 is 12.3 Å². The molecule has 1 heterocycles. The first-order valence-electron chi connectivity index (χ1n) is 6.48. The summed E-state index contributed by atoms with van der Waals surface area (Å²) in [4.78, 5) is 13.1. The molecular weight excluding hydrogens is 287 g/mol. The largest absolute Gasteiger partial charge is 0.447 e. The molecule has 21 heavy (non-hydrogen) atoms. The van der Waals surface area contributed by atoms with E-state index >= 15 is 0 Å². The molecule has 7 heteroatoms. The second-order valence-electron chi connectivity index (χ2n) is 5.31. The molecule has 1 saturated heterocycles. The molecule has 2 rings (SSSR count).